The van der Waals surface area contributed by atoms with E-state index in [1.807, 2.05) is 20.8 Å². The molecule has 2 amide bonds. The van der Waals surface area contributed by atoms with Crippen molar-refractivity contribution in [3.63, 3.8) is 0 Å². The molecule has 0 aromatic heterocycles. The highest BCUT2D eigenvalue weighted by molar-refractivity contribution is 5.84. The molecule has 0 aromatic carbocycles. The van der Waals surface area contributed by atoms with Crippen LogP contribution in [0.4, 0.5) is 0 Å². The monoisotopic (exact) mass is 298 g/mol. The fourth-order valence-electron chi connectivity index (χ4n) is 2.84. The van der Waals surface area contributed by atoms with Gasteiger partial charge in [0.2, 0.25) is 11.8 Å². The average molecular weight is 298 g/mol. The molecule has 0 saturated carbocycles. The molecule has 0 bridgehead atoms. The van der Waals surface area contributed by atoms with Crippen LogP contribution in [-0.2, 0) is 14.4 Å². The first-order valence-corrected chi connectivity index (χ1v) is 7.67. The van der Waals surface area contributed by atoms with Gasteiger partial charge in [0.25, 0.3) is 0 Å². The molecule has 0 aromatic rings. The van der Waals surface area contributed by atoms with Crippen LogP contribution in [0.25, 0.3) is 0 Å². The second-order valence-corrected chi connectivity index (χ2v) is 5.74. The summed E-state index contributed by atoms with van der Waals surface area (Å²) in [4.78, 5) is 38.5. The Morgan fingerprint density at radius 1 is 1.14 bits per heavy atom. The summed E-state index contributed by atoms with van der Waals surface area (Å²) in [5.74, 6) is -1.29. The maximum atomic E-state index is 12.2. The zero-order valence-electron chi connectivity index (χ0n) is 13.2. The van der Waals surface area contributed by atoms with Crippen molar-refractivity contribution < 1.29 is 19.5 Å². The summed E-state index contributed by atoms with van der Waals surface area (Å²) in [5.41, 5.74) is 0. The highest BCUT2D eigenvalue weighted by Gasteiger charge is 2.31. The lowest BCUT2D eigenvalue weighted by molar-refractivity contribution is -0.147. The van der Waals surface area contributed by atoms with Crippen molar-refractivity contribution in [1.29, 1.82) is 0 Å². The lowest BCUT2D eigenvalue weighted by Gasteiger charge is -2.34. The van der Waals surface area contributed by atoms with E-state index >= 15 is 0 Å². The number of carboxylic acid groups (broad SMARTS) is 1. The lowest BCUT2D eigenvalue weighted by atomic mass is 9.90. The van der Waals surface area contributed by atoms with Crippen LogP contribution in [0.1, 0.15) is 40.0 Å². The number of hydrogen-bond acceptors (Lipinski definition) is 3. The summed E-state index contributed by atoms with van der Waals surface area (Å²) < 4.78 is 0. The molecule has 1 aliphatic heterocycles. The maximum Gasteiger partial charge on any atom is 0.308 e. The summed E-state index contributed by atoms with van der Waals surface area (Å²) in [7, 11) is 0. The summed E-state index contributed by atoms with van der Waals surface area (Å²) >= 11 is 0. The maximum absolute atomic E-state index is 12.2. The summed E-state index contributed by atoms with van der Waals surface area (Å²) in [6.45, 7) is 7.91. The Morgan fingerprint density at radius 2 is 1.76 bits per heavy atom. The van der Waals surface area contributed by atoms with E-state index < -0.39 is 11.9 Å². The van der Waals surface area contributed by atoms with E-state index in [0.29, 0.717) is 26.1 Å². The van der Waals surface area contributed by atoms with Crippen LogP contribution in [0, 0.1) is 11.8 Å². The average Bonchev–Trinajstić information content (AvgIpc) is 2.45. The molecule has 1 N–H and O–H groups in total. The first kappa shape index (κ1) is 17.5. The second-order valence-electron chi connectivity index (χ2n) is 5.74. The third-order valence-corrected chi connectivity index (χ3v) is 4.03. The van der Waals surface area contributed by atoms with Crippen molar-refractivity contribution in [2.45, 2.75) is 40.0 Å². The van der Waals surface area contributed by atoms with E-state index in [-0.39, 0.29) is 37.1 Å². The summed E-state index contributed by atoms with van der Waals surface area (Å²) in [6.07, 6.45) is 0.967. The smallest absolute Gasteiger partial charge is 0.308 e. The third kappa shape index (κ3) is 5.02. The van der Waals surface area contributed by atoms with Gasteiger partial charge >= 0.3 is 5.97 Å². The number of carboxylic acids is 1. The SMILES string of the molecule is CCN(CC)C(=O)CCC(=O)N1CC(C)CC(C(=O)O)C1. The van der Waals surface area contributed by atoms with Crippen molar-refractivity contribution in [2.75, 3.05) is 26.2 Å². The van der Waals surface area contributed by atoms with E-state index in [1.54, 1.807) is 9.80 Å². The molecule has 0 radical (unpaired) electrons. The van der Waals surface area contributed by atoms with Gasteiger partial charge in [0, 0.05) is 39.0 Å². The lowest BCUT2D eigenvalue weighted by Crippen LogP contribution is -2.45. The third-order valence-electron chi connectivity index (χ3n) is 4.03. The van der Waals surface area contributed by atoms with Crippen LogP contribution in [0.15, 0.2) is 0 Å². The van der Waals surface area contributed by atoms with Crippen molar-refractivity contribution in [2.24, 2.45) is 11.8 Å². The van der Waals surface area contributed by atoms with Crippen LogP contribution >= 0.6 is 0 Å². The van der Waals surface area contributed by atoms with Crippen LogP contribution in [0.5, 0.6) is 0 Å². The molecule has 0 aliphatic carbocycles. The molecule has 6 nitrogen and oxygen atoms in total. The Kier molecular flexibility index (Phi) is 6.65. The van der Waals surface area contributed by atoms with Crippen molar-refractivity contribution in [1.82, 2.24) is 9.80 Å². The van der Waals surface area contributed by atoms with Crippen LogP contribution < -0.4 is 0 Å². The molecular formula is C15H26N2O4. The number of carbonyl (C=O) groups is 3. The molecule has 6 heteroatoms. The van der Waals surface area contributed by atoms with Crippen LogP contribution in [0.2, 0.25) is 0 Å². The van der Waals surface area contributed by atoms with E-state index in [1.165, 1.54) is 0 Å². The zero-order valence-corrected chi connectivity index (χ0v) is 13.2. The van der Waals surface area contributed by atoms with Gasteiger partial charge in [0.05, 0.1) is 5.92 Å². The normalized spacial score (nSPS) is 22.0. The first-order valence-electron chi connectivity index (χ1n) is 7.67. The van der Waals surface area contributed by atoms with E-state index in [9.17, 15) is 14.4 Å². The molecular weight excluding hydrogens is 272 g/mol. The minimum atomic E-state index is -0.849. The minimum absolute atomic E-state index is 0.0202. The fourth-order valence-corrected chi connectivity index (χ4v) is 2.84. The summed E-state index contributed by atoms with van der Waals surface area (Å²) in [5, 5.41) is 9.11. The Bertz CT molecular complexity index is 393. The number of hydrogen-bond donors (Lipinski definition) is 1. The molecule has 2 atom stereocenters. The van der Waals surface area contributed by atoms with Gasteiger partial charge in [-0.05, 0) is 26.2 Å². The number of nitrogens with zero attached hydrogens (tertiary/aromatic N) is 2. The van der Waals surface area contributed by atoms with Gasteiger partial charge in [-0.2, -0.15) is 0 Å². The van der Waals surface area contributed by atoms with Crippen molar-refractivity contribution in [3.05, 3.63) is 0 Å². The molecule has 21 heavy (non-hydrogen) atoms. The predicted molar refractivity (Wildman–Crippen MR) is 78.6 cm³/mol. The number of piperidine rings is 1. The number of likely N-dealkylation sites (tertiary alicyclic amines) is 1. The van der Waals surface area contributed by atoms with Crippen LogP contribution in [-0.4, -0.2) is 58.9 Å². The first-order chi connectivity index (χ1) is 9.88. The van der Waals surface area contributed by atoms with Gasteiger partial charge in [0.1, 0.15) is 0 Å². The van der Waals surface area contributed by atoms with Crippen LogP contribution in [0.3, 0.4) is 0 Å². The molecule has 120 valence electrons. The van der Waals surface area contributed by atoms with Crippen molar-refractivity contribution >= 4 is 17.8 Å². The van der Waals surface area contributed by atoms with E-state index in [4.69, 9.17) is 5.11 Å². The number of amides is 2. The molecule has 1 rings (SSSR count). The minimum Gasteiger partial charge on any atom is -0.481 e. The highest BCUT2D eigenvalue weighted by Crippen LogP contribution is 2.22. The van der Waals surface area contributed by atoms with E-state index in [2.05, 4.69) is 0 Å². The molecule has 1 saturated heterocycles. The van der Waals surface area contributed by atoms with Gasteiger partial charge < -0.3 is 14.9 Å². The molecule has 2 unspecified atom stereocenters. The Labute approximate surface area is 126 Å². The predicted octanol–water partition coefficient (Wildman–Crippen LogP) is 1.20. The van der Waals surface area contributed by atoms with Crippen molar-refractivity contribution in [3.8, 4) is 0 Å². The van der Waals surface area contributed by atoms with Gasteiger partial charge in [-0.3, -0.25) is 14.4 Å². The Morgan fingerprint density at radius 3 is 2.29 bits per heavy atom. The number of rotatable bonds is 6. The topological polar surface area (TPSA) is 77.9 Å². The number of carbonyl (C=O) groups excluding carboxylic acids is 2. The Balaban J connectivity index is 2.51. The largest absolute Gasteiger partial charge is 0.481 e. The zero-order chi connectivity index (χ0) is 16.0. The van der Waals surface area contributed by atoms with Gasteiger partial charge in [-0.1, -0.05) is 6.92 Å². The Hall–Kier alpha value is -1.59. The van der Waals surface area contributed by atoms with Gasteiger partial charge in [0.15, 0.2) is 0 Å². The molecule has 1 aliphatic rings. The van der Waals surface area contributed by atoms with Gasteiger partial charge in [-0.25, -0.2) is 0 Å². The van der Waals surface area contributed by atoms with Gasteiger partial charge in [-0.15, -0.1) is 0 Å². The van der Waals surface area contributed by atoms with E-state index in [0.717, 1.165) is 0 Å². The fraction of sp³-hybridized carbons (Fsp3) is 0.800. The standard InChI is InChI=1S/C15H26N2O4/c1-4-16(5-2)13(18)6-7-14(19)17-9-11(3)8-12(10-17)15(20)21/h11-12H,4-10H2,1-3H3,(H,20,21). The highest BCUT2D eigenvalue weighted by atomic mass is 16.4. The quantitative estimate of drug-likeness (QED) is 0.799. The number of aliphatic carboxylic acids is 1. The summed E-state index contributed by atoms with van der Waals surface area (Å²) in [6, 6.07) is 0. The molecule has 0 spiro atoms. The molecule has 1 heterocycles. The molecule has 1 fully saturated rings. The second kappa shape index (κ2) is 8.00.